The Balaban J connectivity index is 1.71. The van der Waals surface area contributed by atoms with Crippen molar-refractivity contribution in [3.05, 3.63) is 51.3 Å². The maximum absolute atomic E-state index is 12.3. The molecule has 0 saturated carbocycles. The standard InChI is InChI=1S/C19H20N2O6S/c1-11-6-7-12-14(9-11)28-17(16(12)19(24)26-2)20-15(22)10-27-18(23)13-5-3-4-8-21(13)25/h3-5,8,11H,6-7,9-10H2,1-2H3,(H,20,22)/t11-/m1/s1. The highest BCUT2D eigenvalue weighted by molar-refractivity contribution is 7.17. The SMILES string of the molecule is COC(=O)c1c(NC(=O)COC(=O)c2cccc[n+]2[O-])sc2c1CC[C@@H](C)C2. The van der Waals surface area contributed by atoms with Gasteiger partial charge in [-0.25, -0.2) is 9.59 Å². The van der Waals surface area contributed by atoms with Crippen LogP contribution in [0.4, 0.5) is 5.00 Å². The van der Waals surface area contributed by atoms with Crippen molar-refractivity contribution in [1.29, 1.82) is 0 Å². The number of hydrogen-bond donors (Lipinski definition) is 1. The largest absolute Gasteiger partial charge is 0.618 e. The Bertz CT molecular complexity index is 923. The summed E-state index contributed by atoms with van der Waals surface area (Å²) in [7, 11) is 1.29. The zero-order chi connectivity index (χ0) is 20.3. The van der Waals surface area contributed by atoms with E-state index in [0.29, 0.717) is 21.2 Å². The first kappa shape index (κ1) is 19.8. The maximum Gasteiger partial charge on any atom is 0.405 e. The molecule has 2 aromatic rings. The van der Waals surface area contributed by atoms with Gasteiger partial charge in [0.25, 0.3) is 5.91 Å². The van der Waals surface area contributed by atoms with Gasteiger partial charge in [-0.1, -0.05) is 6.92 Å². The van der Waals surface area contributed by atoms with Crippen LogP contribution in [0.25, 0.3) is 0 Å². The van der Waals surface area contributed by atoms with E-state index in [2.05, 4.69) is 12.2 Å². The molecule has 0 aliphatic heterocycles. The van der Waals surface area contributed by atoms with Gasteiger partial charge in [-0.3, -0.25) is 4.79 Å². The van der Waals surface area contributed by atoms with E-state index in [0.717, 1.165) is 35.9 Å². The molecular weight excluding hydrogens is 384 g/mol. The molecule has 1 amide bonds. The number of ether oxygens (including phenoxy) is 2. The van der Waals surface area contributed by atoms with E-state index >= 15 is 0 Å². The van der Waals surface area contributed by atoms with Gasteiger partial charge in [0.1, 0.15) is 5.00 Å². The van der Waals surface area contributed by atoms with E-state index in [9.17, 15) is 19.6 Å². The Morgan fingerprint density at radius 3 is 2.82 bits per heavy atom. The molecule has 0 bridgehead atoms. The lowest BCUT2D eigenvalue weighted by Gasteiger charge is -2.18. The summed E-state index contributed by atoms with van der Waals surface area (Å²) in [6.07, 6.45) is 3.72. The Kier molecular flexibility index (Phi) is 5.93. The van der Waals surface area contributed by atoms with Gasteiger partial charge in [0.2, 0.25) is 0 Å². The highest BCUT2D eigenvalue weighted by Crippen LogP contribution is 2.39. The zero-order valence-electron chi connectivity index (χ0n) is 15.5. The van der Waals surface area contributed by atoms with Crippen molar-refractivity contribution in [3.63, 3.8) is 0 Å². The number of carbonyl (C=O) groups is 3. The number of anilines is 1. The number of fused-ring (bicyclic) bond motifs is 1. The quantitative estimate of drug-likeness (QED) is 0.464. The van der Waals surface area contributed by atoms with Gasteiger partial charge in [0, 0.05) is 17.0 Å². The molecule has 0 unspecified atom stereocenters. The average molecular weight is 404 g/mol. The molecule has 1 aliphatic carbocycles. The van der Waals surface area contributed by atoms with Crippen LogP contribution in [0.2, 0.25) is 0 Å². The van der Waals surface area contributed by atoms with Crippen LogP contribution >= 0.6 is 11.3 Å². The second-order valence-electron chi connectivity index (χ2n) is 6.58. The average Bonchev–Trinajstić information content (AvgIpc) is 3.02. The van der Waals surface area contributed by atoms with Gasteiger partial charge < -0.3 is 20.0 Å². The van der Waals surface area contributed by atoms with Crippen molar-refractivity contribution < 1.29 is 28.6 Å². The van der Waals surface area contributed by atoms with Gasteiger partial charge in [-0.15, -0.1) is 11.3 Å². The van der Waals surface area contributed by atoms with Gasteiger partial charge in [0.05, 0.1) is 12.7 Å². The van der Waals surface area contributed by atoms with Gasteiger partial charge in [0.15, 0.2) is 12.8 Å². The summed E-state index contributed by atoms with van der Waals surface area (Å²) in [5, 5.41) is 14.6. The number of rotatable bonds is 5. The van der Waals surface area contributed by atoms with E-state index in [-0.39, 0.29) is 5.69 Å². The third-order valence-corrected chi connectivity index (χ3v) is 5.69. The molecule has 8 nitrogen and oxygen atoms in total. The minimum absolute atomic E-state index is 0.217. The highest BCUT2D eigenvalue weighted by atomic mass is 32.1. The number of esters is 2. The smallest absolute Gasteiger partial charge is 0.405 e. The van der Waals surface area contributed by atoms with Crippen LogP contribution in [0.15, 0.2) is 24.4 Å². The van der Waals surface area contributed by atoms with E-state index in [1.807, 2.05) is 0 Å². The number of aromatic nitrogens is 1. The third kappa shape index (κ3) is 4.14. The fourth-order valence-corrected chi connectivity index (χ4v) is 4.53. The van der Waals surface area contributed by atoms with Gasteiger partial charge in [-0.2, -0.15) is 4.73 Å². The van der Waals surface area contributed by atoms with Gasteiger partial charge >= 0.3 is 17.6 Å². The van der Waals surface area contributed by atoms with E-state index < -0.39 is 24.5 Å². The van der Waals surface area contributed by atoms with Crippen LogP contribution in [0, 0.1) is 11.1 Å². The number of methoxy groups -OCH3 is 1. The molecule has 1 aliphatic rings. The normalized spacial score (nSPS) is 15.4. The number of hydrogen-bond acceptors (Lipinski definition) is 7. The number of carbonyl (C=O) groups excluding carboxylic acids is 3. The summed E-state index contributed by atoms with van der Waals surface area (Å²) < 4.78 is 10.1. The molecule has 0 saturated heterocycles. The summed E-state index contributed by atoms with van der Waals surface area (Å²) in [6.45, 7) is 1.57. The topological polar surface area (TPSA) is 109 Å². The fraction of sp³-hybridized carbons (Fsp3) is 0.368. The van der Waals surface area contributed by atoms with Crippen LogP contribution in [-0.2, 0) is 27.1 Å². The predicted molar refractivity (Wildman–Crippen MR) is 101 cm³/mol. The Morgan fingerprint density at radius 1 is 1.32 bits per heavy atom. The van der Waals surface area contributed by atoms with Crippen LogP contribution in [-0.4, -0.2) is 31.6 Å². The molecule has 1 N–H and O–H groups in total. The molecule has 0 fully saturated rings. The summed E-state index contributed by atoms with van der Waals surface area (Å²) >= 11 is 1.34. The van der Waals surface area contributed by atoms with Crippen molar-refractivity contribution in [2.45, 2.75) is 26.2 Å². The lowest BCUT2D eigenvalue weighted by atomic mass is 9.88. The van der Waals surface area contributed by atoms with Crippen molar-refractivity contribution in [1.82, 2.24) is 0 Å². The minimum atomic E-state index is -0.904. The number of pyridine rings is 1. The monoisotopic (exact) mass is 404 g/mol. The predicted octanol–water partition coefficient (Wildman–Crippen LogP) is 2.09. The number of amides is 1. The number of thiophene rings is 1. The maximum atomic E-state index is 12.3. The first-order valence-corrected chi connectivity index (χ1v) is 9.60. The number of nitrogens with one attached hydrogen (secondary N) is 1. The molecule has 28 heavy (non-hydrogen) atoms. The number of nitrogens with zero attached hydrogens (tertiary/aromatic N) is 1. The van der Waals surface area contributed by atoms with E-state index in [1.165, 1.54) is 36.6 Å². The van der Waals surface area contributed by atoms with Gasteiger partial charge in [-0.05, 0) is 36.8 Å². The molecule has 148 valence electrons. The summed E-state index contributed by atoms with van der Waals surface area (Å²) in [5.41, 5.74) is 1.07. The van der Waals surface area contributed by atoms with Crippen LogP contribution < -0.4 is 10.0 Å². The molecule has 0 spiro atoms. The van der Waals surface area contributed by atoms with E-state index in [4.69, 9.17) is 9.47 Å². The molecule has 3 rings (SSSR count). The molecular formula is C19H20N2O6S. The molecule has 2 aromatic heterocycles. The second-order valence-corrected chi connectivity index (χ2v) is 7.69. The fourth-order valence-electron chi connectivity index (χ4n) is 3.11. The Morgan fingerprint density at radius 2 is 2.11 bits per heavy atom. The first-order chi connectivity index (χ1) is 13.4. The molecule has 1 atom stereocenters. The van der Waals surface area contributed by atoms with Crippen molar-refractivity contribution in [2.75, 3.05) is 19.0 Å². The lowest BCUT2D eigenvalue weighted by Crippen LogP contribution is -2.35. The first-order valence-electron chi connectivity index (χ1n) is 8.78. The van der Waals surface area contributed by atoms with Crippen LogP contribution in [0.1, 0.15) is 44.6 Å². The third-order valence-electron chi connectivity index (χ3n) is 4.52. The summed E-state index contributed by atoms with van der Waals surface area (Å²) in [5.74, 6) is -1.50. The lowest BCUT2D eigenvalue weighted by molar-refractivity contribution is -0.608. The summed E-state index contributed by atoms with van der Waals surface area (Å²) in [6, 6.07) is 4.30. The van der Waals surface area contributed by atoms with Crippen LogP contribution in [0.5, 0.6) is 0 Å². The molecule has 9 heteroatoms. The summed E-state index contributed by atoms with van der Waals surface area (Å²) in [4.78, 5) is 37.5. The second kappa shape index (κ2) is 8.39. The van der Waals surface area contributed by atoms with Crippen molar-refractivity contribution in [3.8, 4) is 0 Å². The highest BCUT2D eigenvalue weighted by Gasteiger charge is 2.29. The van der Waals surface area contributed by atoms with Crippen LogP contribution in [0.3, 0.4) is 0 Å². The Hall–Kier alpha value is -2.94. The molecule has 0 radical (unpaired) electrons. The minimum Gasteiger partial charge on any atom is -0.618 e. The Labute approximate surface area is 165 Å². The molecule has 0 aromatic carbocycles. The van der Waals surface area contributed by atoms with Crippen molar-refractivity contribution >= 4 is 34.2 Å². The van der Waals surface area contributed by atoms with E-state index in [1.54, 1.807) is 0 Å². The van der Waals surface area contributed by atoms with Crippen molar-refractivity contribution in [2.24, 2.45) is 5.92 Å². The zero-order valence-corrected chi connectivity index (χ0v) is 16.3. The molecule has 2 heterocycles.